The number of thioether (sulfide) groups is 1. The average Bonchev–Trinajstić information content (AvgIpc) is 3.26. The monoisotopic (exact) mass is 432 g/mol. The molecule has 1 aliphatic heterocycles. The molecule has 2 aromatic carbocycles. The van der Waals surface area contributed by atoms with Gasteiger partial charge < -0.3 is 4.90 Å². The van der Waals surface area contributed by atoms with Crippen LogP contribution in [-0.4, -0.2) is 11.6 Å². The molecule has 4 nitrogen and oxygen atoms in total. The lowest BCUT2D eigenvalue weighted by atomic mass is 10.1. The minimum atomic E-state index is 0.0822. The third kappa shape index (κ3) is 2.99. The van der Waals surface area contributed by atoms with E-state index < -0.39 is 0 Å². The smallest absolute Gasteiger partial charge is 0.271 e. The van der Waals surface area contributed by atoms with Crippen molar-refractivity contribution in [3.63, 3.8) is 0 Å². The van der Waals surface area contributed by atoms with Gasteiger partial charge in [-0.05, 0) is 24.4 Å². The molecule has 0 atom stereocenters. The lowest BCUT2D eigenvalue weighted by Crippen LogP contribution is -2.34. The summed E-state index contributed by atoms with van der Waals surface area (Å²) in [6.07, 6.45) is 4.12. The van der Waals surface area contributed by atoms with Gasteiger partial charge in [-0.3, -0.25) is 9.36 Å². The predicted octanol–water partition coefficient (Wildman–Crippen LogP) is 3.04. The van der Waals surface area contributed by atoms with Crippen LogP contribution in [0.2, 0.25) is 0 Å². The molecule has 5 rings (SSSR count). The highest BCUT2D eigenvalue weighted by Gasteiger charge is 2.26. The minimum absolute atomic E-state index is 0.0822. The third-order valence-electron chi connectivity index (χ3n) is 5.50. The van der Waals surface area contributed by atoms with Gasteiger partial charge in [-0.25, -0.2) is 4.57 Å². The van der Waals surface area contributed by atoms with Crippen LogP contribution in [0.3, 0.4) is 0 Å². The van der Waals surface area contributed by atoms with Gasteiger partial charge in [0.25, 0.3) is 5.56 Å². The van der Waals surface area contributed by atoms with Crippen LogP contribution < -0.4 is 24.2 Å². The van der Waals surface area contributed by atoms with Crippen LogP contribution in [0, 0.1) is 0 Å². The second-order valence-corrected chi connectivity index (χ2v) is 9.36. The molecule has 2 aromatic heterocycles. The quantitative estimate of drug-likeness (QED) is 0.456. The maximum Gasteiger partial charge on any atom is 0.271 e. The number of nitrogens with zero attached hydrogens (tertiary/aromatic N) is 3. The molecule has 0 N–H and O–H groups in total. The van der Waals surface area contributed by atoms with Gasteiger partial charge in [-0.15, -0.1) is 11.3 Å². The van der Waals surface area contributed by atoms with Crippen LogP contribution in [0.15, 0.2) is 70.5 Å². The molecular formula is C24H22N3OS2+. The van der Waals surface area contributed by atoms with Crippen LogP contribution in [0.5, 0.6) is 0 Å². The number of anilines is 1. The molecule has 0 fully saturated rings. The van der Waals surface area contributed by atoms with Gasteiger partial charge in [0.05, 0.1) is 5.69 Å². The number of pyridine rings is 1. The Hall–Kier alpha value is -2.83. The first kappa shape index (κ1) is 19.2. The summed E-state index contributed by atoms with van der Waals surface area (Å²) in [4.78, 5) is 16.7. The Morgan fingerprint density at radius 3 is 2.67 bits per heavy atom. The molecule has 0 aliphatic carbocycles. The molecule has 30 heavy (non-hydrogen) atoms. The van der Waals surface area contributed by atoms with E-state index in [0.29, 0.717) is 6.54 Å². The van der Waals surface area contributed by atoms with Crippen molar-refractivity contribution in [2.75, 3.05) is 11.9 Å². The first-order chi connectivity index (χ1) is 14.6. The van der Waals surface area contributed by atoms with Crippen molar-refractivity contribution < 1.29 is 4.57 Å². The van der Waals surface area contributed by atoms with Gasteiger partial charge >= 0.3 is 0 Å². The van der Waals surface area contributed by atoms with Crippen molar-refractivity contribution in [1.29, 1.82) is 0 Å². The zero-order chi connectivity index (χ0) is 20.8. The number of benzene rings is 2. The zero-order valence-electron chi connectivity index (χ0n) is 17.1. The highest BCUT2D eigenvalue weighted by atomic mass is 32.2. The summed E-state index contributed by atoms with van der Waals surface area (Å²) in [6.45, 7) is 2.67. The average molecular weight is 433 g/mol. The molecule has 0 bridgehead atoms. The first-order valence-corrected chi connectivity index (χ1v) is 11.6. The molecule has 0 radical (unpaired) electrons. The third-order valence-corrected chi connectivity index (χ3v) is 7.97. The van der Waals surface area contributed by atoms with E-state index in [1.165, 1.54) is 21.4 Å². The van der Waals surface area contributed by atoms with Gasteiger partial charge in [-0.2, -0.15) is 0 Å². The van der Waals surface area contributed by atoms with Crippen molar-refractivity contribution in [3.05, 3.63) is 86.0 Å². The van der Waals surface area contributed by atoms with E-state index in [4.69, 9.17) is 0 Å². The largest absolute Gasteiger partial charge is 0.336 e. The Bertz CT molecular complexity index is 1470. The van der Waals surface area contributed by atoms with E-state index in [0.717, 1.165) is 19.9 Å². The lowest BCUT2D eigenvalue weighted by molar-refractivity contribution is -0.673. The van der Waals surface area contributed by atoms with Crippen molar-refractivity contribution in [2.45, 2.75) is 18.4 Å². The van der Waals surface area contributed by atoms with Crippen molar-refractivity contribution in [2.24, 2.45) is 7.05 Å². The summed E-state index contributed by atoms with van der Waals surface area (Å²) in [5, 5.41) is 3.44. The Labute approximate surface area is 183 Å². The molecule has 0 unspecified atom stereocenters. The van der Waals surface area contributed by atoms with E-state index in [9.17, 15) is 4.79 Å². The SMILES string of the molecule is CCn1c(=O)/c(=C2\Sc3ccc4ccccc4c3N2C)s/c1=C\c1cccc[n+]1C. The Balaban J connectivity index is 1.75. The van der Waals surface area contributed by atoms with E-state index >= 15 is 0 Å². The number of thiazole rings is 1. The van der Waals surface area contributed by atoms with E-state index in [1.807, 2.05) is 36.9 Å². The van der Waals surface area contributed by atoms with Crippen LogP contribution in [0.1, 0.15) is 12.6 Å². The van der Waals surface area contributed by atoms with Gasteiger partial charge in [-0.1, -0.05) is 42.1 Å². The van der Waals surface area contributed by atoms with Crippen molar-refractivity contribution >= 4 is 50.7 Å². The molecule has 0 saturated carbocycles. The molecule has 3 heterocycles. The molecule has 6 heteroatoms. The van der Waals surface area contributed by atoms with E-state index in [2.05, 4.69) is 65.1 Å². The summed E-state index contributed by atoms with van der Waals surface area (Å²) < 4.78 is 5.71. The number of hydrogen-bond acceptors (Lipinski definition) is 4. The van der Waals surface area contributed by atoms with Crippen LogP contribution in [0.4, 0.5) is 5.69 Å². The van der Waals surface area contributed by atoms with Gasteiger partial charge in [0.15, 0.2) is 6.20 Å². The van der Waals surface area contributed by atoms with Crippen LogP contribution in [-0.2, 0) is 13.6 Å². The molecule has 150 valence electrons. The highest BCUT2D eigenvalue weighted by Crippen LogP contribution is 2.48. The van der Waals surface area contributed by atoms with Crippen LogP contribution in [0.25, 0.3) is 21.9 Å². The predicted molar refractivity (Wildman–Crippen MR) is 126 cm³/mol. The molecule has 1 aliphatic rings. The van der Waals surface area contributed by atoms with Gasteiger partial charge in [0, 0.05) is 42.1 Å². The summed E-state index contributed by atoms with van der Waals surface area (Å²) in [5.41, 5.74) is 2.34. The summed E-state index contributed by atoms with van der Waals surface area (Å²) in [5.74, 6) is 0. The number of hydrogen-bond donors (Lipinski definition) is 0. The number of aryl methyl sites for hydroxylation is 1. The summed E-state index contributed by atoms with van der Waals surface area (Å²) in [7, 11) is 4.09. The maximum atomic E-state index is 13.3. The Morgan fingerprint density at radius 2 is 1.87 bits per heavy atom. The molecule has 0 saturated heterocycles. The molecule has 0 amide bonds. The van der Waals surface area contributed by atoms with E-state index in [1.54, 1.807) is 23.1 Å². The Morgan fingerprint density at radius 1 is 1.07 bits per heavy atom. The standard InChI is InChI=1S/C24H22N3OS2/c1-4-27-20(15-17-10-7-8-14-25(17)2)30-22(23(27)28)24-26(3)21-18-11-6-5-9-16(18)12-13-19(21)29-24/h5-15H,4H2,1-3H3/q+1/b24-22+. The minimum Gasteiger partial charge on any atom is -0.336 e. The first-order valence-electron chi connectivity index (χ1n) is 9.92. The van der Waals surface area contributed by atoms with Gasteiger partial charge in [0.1, 0.15) is 21.3 Å². The summed E-state index contributed by atoms with van der Waals surface area (Å²) in [6, 6.07) is 18.8. The molecule has 4 aromatic rings. The molecule has 0 spiro atoms. The highest BCUT2D eigenvalue weighted by molar-refractivity contribution is 8.08. The fraction of sp³-hybridized carbons (Fsp3) is 0.167. The number of fused-ring (bicyclic) bond motifs is 3. The fourth-order valence-electron chi connectivity index (χ4n) is 3.92. The van der Waals surface area contributed by atoms with Crippen molar-refractivity contribution in [1.82, 2.24) is 4.57 Å². The molecular weight excluding hydrogens is 410 g/mol. The van der Waals surface area contributed by atoms with Gasteiger partial charge in [0.2, 0.25) is 5.69 Å². The second kappa shape index (κ2) is 7.45. The van der Waals surface area contributed by atoms with Crippen LogP contribution >= 0.6 is 23.1 Å². The zero-order valence-corrected chi connectivity index (χ0v) is 18.8. The topological polar surface area (TPSA) is 29.1 Å². The Kier molecular flexibility index (Phi) is 4.76. The number of aromatic nitrogens is 2. The summed E-state index contributed by atoms with van der Waals surface area (Å²) >= 11 is 3.26. The fourth-order valence-corrected chi connectivity index (χ4v) is 6.40. The van der Waals surface area contributed by atoms with E-state index in [-0.39, 0.29) is 5.56 Å². The normalized spacial score (nSPS) is 15.8. The van der Waals surface area contributed by atoms with Crippen molar-refractivity contribution in [3.8, 4) is 0 Å². The lowest BCUT2D eigenvalue weighted by Gasteiger charge is -2.15. The maximum absolute atomic E-state index is 13.3. The number of rotatable bonds is 2. The second-order valence-electron chi connectivity index (χ2n) is 7.30.